The van der Waals surface area contributed by atoms with Gasteiger partial charge in [-0.05, 0) is 77.9 Å². The Bertz CT molecular complexity index is 1530. The Kier molecular flexibility index (Phi) is 8.62. The van der Waals surface area contributed by atoms with Crippen LogP contribution in [-0.2, 0) is 16.6 Å². The third-order valence-electron chi connectivity index (χ3n) is 5.33. The first kappa shape index (κ1) is 26.7. The number of hydrazone groups is 1. The van der Waals surface area contributed by atoms with Gasteiger partial charge in [0, 0.05) is 16.3 Å². The van der Waals surface area contributed by atoms with Crippen molar-refractivity contribution < 1.29 is 22.7 Å². The molecule has 0 radical (unpaired) electrons. The molecular formula is C28H24ClN3O5S. The molecule has 8 nitrogen and oxygen atoms in total. The SMILES string of the molecule is COc1cc(C=NNC(=O)c2ccc(NS(=O)(=O)c3ccccc3)cc2)ccc1OCc1ccc(Cl)cc1. The number of nitrogens with one attached hydrogen (secondary N) is 2. The number of benzene rings is 4. The Labute approximate surface area is 225 Å². The van der Waals surface area contributed by atoms with Gasteiger partial charge in [-0.25, -0.2) is 13.8 Å². The first-order valence-corrected chi connectivity index (χ1v) is 13.3. The number of nitrogens with zero attached hydrogens (tertiary/aromatic N) is 1. The van der Waals surface area contributed by atoms with E-state index in [0.29, 0.717) is 39.9 Å². The lowest BCUT2D eigenvalue weighted by Gasteiger charge is -2.11. The number of carbonyl (C=O) groups is 1. The number of amides is 1. The third-order valence-corrected chi connectivity index (χ3v) is 6.98. The summed E-state index contributed by atoms with van der Waals surface area (Å²) in [6.45, 7) is 0.351. The standard InChI is InChI=1S/C28H24ClN3O5S/c1-36-27-17-21(9-16-26(27)37-19-20-7-12-23(29)13-8-20)18-30-31-28(33)22-10-14-24(15-11-22)32-38(34,35)25-5-3-2-4-6-25/h2-18,32H,19H2,1H3,(H,31,33). The van der Waals surface area contributed by atoms with Gasteiger partial charge in [0.2, 0.25) is 0 Å². The van der Waals surface area contributed by atoms with Crippen LogP contribution >= 0.6 is 11.6 Å². The Morgan fingerprint density at radius 3 is 2.32 bits per heavy atom. The number of sulfonamides is 1. The molecule has 0 aromatic heterocycles. The second-order valence-corrected chi connectivity index (χ2v) is 10.1. The minimum Gasteiger partial charge on any atom is -0.493 e. The molecule has 4 rings (SSSR count). The molecule has 0 saturated carbocycles. The molecule has 4 aromatic carbocycles. The lowest BCUT2D eigenvalue weighted by atomic mass is 10.2. The van der Waals surface area contributed by atoms with E-state index in [0.717, 1.165) is 5.56 Å². The lowest BCUT2D eigenvalue weighted by molar-refractivity contribution is 0.0955. The van der Waals surface area contributed by atoms with Crippen molar-refractivity contribution in [2.24, 2.45) is 5.10 Å². The number of ether oxygens (including phenoxy) is 2. The van der Waals surface area contributed by atoms with E-state index in [2.05, 4.69) is 15.2 Å². The average Bonchev–Trinajstić information content (AvgIpc) is 2.93. The number of rotatable bonds is 10. The molecule has 194 valence electrons. The summed E-state index contributed by atoms with van der Waals surface area (Å²) in [7, 11) is -2.18. The van der Waals surface area contributed by atoms with Crippen molar-refractivity contribution in [1.82, 2.24) is 5.43 Å². The van der Waals surface area contributed by atoms with Gasteiger partial charge in [-0.3, -0.25) is 9.52 Å². The molecule has 4 aromatic rings. The number of halogens is 1. The second kappa shape index (κ2) is 12.3. The van der Waals surface area contributed by atoms with Gasteiger partial charge in [-0.1, -0.05) is 41.9 Å². The maximum Gasteiger partial charge on any atom is 0.271 e. The zero-order valence-electron chi connectivity index (χ0n) is 20.3. The van der Waals surface area contributed by atoms with E-state index in [1.54, 1.807) is 48.5 Å². The predicted molar refractivity (Wildman–Crippen MR) is 148 cm³/mol. The van der Waals surface area contributed by atoms with Gasteiger partial charge in [-0.15, -0.1) is 0 Å². The molecule has 0 aliphatic carbocycles. The van der Waals surface area contributed by atoms with Crippen molar-refractivity contribution in [1.29, 1.82) is 0 Å². The molecular weight excluding hydrogens is 526 g/mol. The fourth-order valence-electron chi connectivity index (χ4n) is 3.36. The molecule has 10 heteroatoms. The van der Waals surface area contributed by atoms with Crippen molar-refractivity contribution in [3.05, 3.63) is 119 Å². The molecule has 0 heterocycles. The van der Waals surface area contributed by atoms with Crippen LogP contribution in [0.25, 0.3) is 0 Å². The Morgan fingerprint density at radius 2 is 1.63 bits per heavy atom. The average molecular weight is 550 g/mol. The molecule has 1 amide bonds. The van der Waals surface area contributed by atoms with Gasteiger partial charge in [0.15, 0.2) is 11.5 Å². The smallest absolute Gasteiger partial charge is 0.271 e. The zero-order valence-corrected chi connectivity index (χ0v) is 21.9. The first-order valence-electron chi connectivity index (χ1n) is 11.4. The molecule has 0 unspecified atom stereocenters. The van der Waals surface area contributed by atoms with Crippen molar-refractivity contribution >= 4 is 39.4 Å². The summed E-state index contributed by atoms with van der Waals surface area (Å²) >= 11 is 5.91. The summed E-state index contributed by atoms with van der Waals surface area (Å²) in [6.07, 6.45) is 1.48. The number of hydrogen-bond acceptors (Lipinski definition) is 6. The van der Waals surface area contributed by atoms with Crippen molar-refractivity contribution in [3.63, 3.8) is 0 Å². The van der Waals surface area contributed by atoms with E-state index in [1.807, 2.05) is 12.1 Å². The molecule has 0 aliphatic rings. The Balaban J connectivity index is 1.33. The van der Waals surface area contributed by atoms with Crippen LogP contribution in [0.15, 0.2) is 107 Å². The second-order valence-electron chi connectivity index (χ2n) is 8.02. The van der Waals surface area contributed by atoms with E-state index in [-0.39, 0.29) is 4.90 Å². The van der Waals surface area contributed by atoms with Gasteiger partial charge in [0.25, 0.3) is 15.9 Å². The van der Waals surface area contributed by atoms with Gasteiger partial charge in [0.05, 0.1) is 18.2 Å². The summed E-state index contributed by atoms with van der Waals surface area (Å²) in [5.74, 6) is 0.628. The van der Waals surface area contributed by atoms with Crippen LogP contribution < -0.4 is 19.6 Å². The van der Waals surface area contributed by atoms with Crippen LogP contribution in [0.1, 0.15) is 21.5 Å². The van der Waals surface area contributed by atoms with E-state index in [4.69, 9.17) is 21.1 Å². The van der Waals surface area contributed by atoms with Crippen LogP contribution in [0, 0.1) is 0 Å². The van der Waals surface area contributed by atoms with Crippen molar-refractivity contribution in [3.8, 4) is 11.5 Å². The van der Waals surface area contributed by atoms with Crippen LogP contribution in [0.4, 0.5) is 5.69 Å². The van der Waals surface area contributed by atoms with Crippen LogP contribution in [-0.4, -0.2) is 27.6 Å². The van der Waals surface area contributed by atoms with E-state index in [9.17, 15) is 13.2 Å². The summed E-state index contributed by atoms with van der Waals surface area (Å²) < 4.78 is 38.6. The van der Waals surface area contributed by atoms with Crippen molar-refractivity contribution in [2.75, 3.05) is 11.8 Å². The summed E-state index contributed by atoms with van der Waals surface area (Å²) in [5.41, 5.74) is 4.75. The highest BCUT2D eigenvalue weighted by Crippen LogP contribution is 2.28. The molecule has 0 fully saturated rings. The van der Waals surface area contributed by atoms with Crippen molar-refractivity contribution in [2.45, 2.75) is 11.5 Å². The monoisotopic (exact) mass is 549 g/mol. The minimum absolute atomic E-state index is 0.147. The molecule has 2 N–H and O–H groups in total. The van der Waals surface area contributed by atoms with Crippen LogP contribution in [0.5, 0.6) is 11.5 Å². The third kappa shape index (κ3) is 7.12. The Morgan fingerprint density at radius 1 is 0.921 bits per heavy atom. The number of anilines is 1. The highest BCUT2D eigenvalue weighted by atomic mass is 35.5. The van der Waals surface area contributed by atoms with Gasteiger partial charge in [0.1, 0.15) is 6.61 Å². The normalized spacial score (nSPS) is 11.2. The summed E-state index contributed by atoms with van der Waals surface area (Å²) in [5, 5.41) is 4.66. The highest BCUT2D eigenvalue weighted by Gasteiger charge is 2.14. The molecule has 0 spiro atoms. The Hall–Kier alpha value is -4.34. The first-order chi connectivity index (χ1) is 18.3. The van der Waals surface area contributed by atoms with E-state index >= 15 is 0 Å². The topological polar surface area (TPSA) is 106 Å². The quantitative estimate of drug-likeness (QED) is 0.201. The summed E-state index contributed by atoms with van der Waals surface area (Å²) in [4.78, 5) is 12.6. The maximum absolute atomic E-state index is 12.5. The molecule has 0 aliphatic heterocycles. The van der Waals surface area contributed by atoms with E-state index in [1.165, 1.54) is 49.7 Å². The number of carbonyl (C=O) groups excluding carboxylic acids is 1. The number of methoxy groups -OCH3 is 1. The maximum atomic E-state index is 12.5. The highest BCUT2D eigenvalue weighted by molar-refractivity contribution is 7.92. The van der Waals surface area contributed by atoms with Gasteiger partial charge >= 0.3 is 0 Å². The predicted octanol–water partition coefficient (Wildman–Crippen LogP) is 5.49. The molecule has 0 bridgehead atoms. The molecule has 0 saturated heterocycles. The number of hydrogen-bond donors (Lipinski definition) is 2. The van der Waals surface area contributed by atoms with Crippen LogP contribution in [0.2, 0.25) is 5.02 Å². The fourth-order valence-corrected chi connectivity index (χ4v) is 4.56. The van der Waals surface area contributed by atoms with Gasteiger partial charge < -0.3 is 9.47 Å². The lowest BCUT2D eigenvalue weighted by Crippen LogP contribution is -2.18. The van der Waals surface area contributed by atoms with Crippen LogP contribution in [0.3, 0.4) is 0 Å². The fraction of sp³-hybridized carbons (Fsp3) is 0.0714. The van der Waals surface area contributed by atoms with E-state index < -0.39 is 15.9 Å². The molecule has 0 atom stereocenters. The molecule has 38 heavy (non-hydrogen) atoms. The van der Waals surface area contributed by atoms with Gasteiger partial charge in [-0.2, -0.15) is 5.10 Å². The largest absolute Gasteiger partial charge is 0.493 e. The summed E-state index contributed by atoms with van der Waals surface area (Å²) in [6, 6.07) is 26.7. The zero-order chi connectivity index (χ0) is 27.0. The minimum atomic E-state index is -3.72.